The normalized spacial score (nSPS) is 11.5. The van der Waals surface area contributed by atoms with E-state index in [1.807, 2.05) is 21.1 Å². The lowest BCUT2D eigenvalue weighted by atomic mass is 10.3. The summed E-state index contributed by atoms with van der Waals surface area (Å²) in [4.78, 5) is 0. The standard InChI is InChI=1S/C6H17N3Si/c1-5(7-2)6(10,8-3)9-4/h7-9H,1H2,2-4,10H3. The number of rotatable bonds is 4. The van der Waals surface area contributed by atoms with Crippen LogP contribution >= 0.6 is 0 Å². The summed E-state index contributed by atoms with van der Waals surface area (Å²) in [6.45, 7) is 3.89. The molecular formula is C6H17N3Si. The summed E-state index contributed by atoms with van der Waals surface area (Å²) in [6.07, 6.45) is 0. The summed E-state index contributed by atoms with van der Waals surface area (Å²) in [7, 11) is 6.70. The van der Waals surface area contributed by atoms with Gasteiger partial charge in [0, 0.05) is 12.7 Å². The first kappa shape index (κ1) is 9.68. The Morgan fingerprint density at radius 3 is 1.80 bits per heavy atom. The molecule has 4 heteroatoms. The van der Waals surface area contributed by atoms with Gasteiger partial charge in [-0.25, -0.2) is 0 Å². The second-order valence-electron chi connectivity index (χ2n) is 2.35. The van der Waals surface area contributed by atoms with Gasteiger partial charge < -0.3 is 16.0 Å². The van der Waals surface area contributed by atoms with E-state index in [9.17, 15) is 0 Å². The van der Waals surface area contributed by atoms with Crippen LogP contribution in [0.5, 0.6) is 0 Å². The van der Waals surface area contributed by atoms with Crippen LogP contribution < -0.4 is 16.0 Å². The van der Waals surface area contributed by atoms with E-state index < -0.39 is 0 Å². The third kappa shape index (κ3) is 1.83. The highest BCUT2D eigenvalue weighted by Gasteiger charge is 2.21. The minimum absolute atomic E-state index is 0.0747. The average molecular weight is 159 g/mol. The molecule has 0 aliphatic rings. The lowest BCUT2D eigenvalue weighted by Gasteiger charge is -2.31. The summed E-state index contributed by atoms with van der Waals surface area (Å²) in [5, 5.41) is 9.28. The fourth-order valence-corrected chi connectivity index (χ4v) is 0.927. The van der Waals surface area contributed by atoms with Crippen molar-refractivity contribution in [3.05, 3.63) is 12.3 Å². The topological polar surface area (TPSA) is 36.1 Å². The Balaban J connectivity index is 4.17. The molecule has 0 aromatic rings. The largest absolute Gasteiger partial charge is 0.390 e. The fraction of sp³-hybridized carbons (Fsp3) is 0.667. The van der Waals surface area contributed by atoms with E-state index >= 15 is 0 Å². The zero-order chi connectivity index (χ0) is 8.20. The van der Waals surface area contributed by atoms with Crippen LogP contribution in [0.25, 0.3) is 0 Å². The van der Waals surface area contributed by atoms with Crippen LogP contribution in [0.1, 0.15) is 0 Å². The quantitative estimate of drug-likeness (QED) is 0.334. The van der Waals surface area contributed by atoms with E-state index in [1.165, 1.54) is 0 Å². The van der Waals surface area contributed by atoms with Crippen molar-refractivity contribution >= 4 is 10.2 Å². The van der Waals surface area contributed by atoms with Crippen LogP contribution in [-0.4, -0.2) is 36.7 Å². The molecule has 0 heterocycles. The molecule has 0 rings (SSSR count). The van der Waals surface area contributed by atoms with E-state index in [0.717, 1.165) is 15.9 Å². The van der Waals surface area contributed by atoms with Crippen molar-refractivity contribution in [1.29, 1.82) is 0 Å². The first-order valence-electron chi connectivity index (χ1n) is 3.35. The smallest absolute Gasteiger partial charge is 0.0856 e. The minimum Gasteiger partial charge on any atom is -0.390 e. The molecule has 0 aromatic heterocycles. The molecule has 0 amide bonds. The highest BCUT2D eigenvalue weighted by atomic mass is 28.1. The van der Waals surface area contributed by atoms with Gasteiger partial charge in [-0.05, 0) is 14.1 Å². The van der Waals surface area contributed by atoms with Gasteiger partial charge >= 0.3 is 0 Å². The SMILES string of the molecule is C=C(NC)C([SiH3])(NC)NC. The highest BCUT2D eigenvalue weighted by molar-refractivity contribution is 6.17. The molecule has 3 N–H and O–H groups in total. The van der Waals surface area contributed by atoms with E-state index in [2.05, 4.69) is 22.5 Å². The molecule has 0 atom stereocenters. The molecule has 0 spiro atoms. The summed E-state index contributed by atoms with van der Waals surface area (Å²) in [5.41, 5.74) is 0.990. The van der Waals surface area contributed by atoms with Gasteiger partial charge in [-0.15, -0.1) is 0 Å². The minimum atomic E-state index is -0.0747. The van der Waals surface area contributed by atoms with Gasteiger partial charge in [-0.2, -0.15) is 0 Å². The van der Waals surface area contributed by atoms with E-state index in [4.69, 9.17) is 0 Å². The molecule has 0 unspecified atom stereocenters. The fourth-order valence-electron chi connectivity index (χ4n) is 0.677. The number of likely N-dealkylation sites (N-methyl/N-ethyl adjacent to an activating group) is 3. The molecular weight excluding hydrogens is 142 g/mol. The second kappa shape index (κ2) is 3.75. The molecule has 3 nitrogen and oxygen atoms in total. The van der Waals surface area contributed by atoms with Gasteiger partial charge in [0.2, 0.25) is 0 Å². The highest BCUT2D eigenvalue weighted by Crippen LogP contribution is 2.00. The number of hydrogen-bond donors (Lipinski definition) is 3. The molecule has 60 valence electrons. The van der Waals surface area contributed by atoms with E-state index in [0.29, 0.717) is 0 Å². The predicted octanol–water partition coefficient (Wildman–Crippen LogP) is -1.82. The third-order valence-electron chi connectivity index (χ3n) is 1.91. The Morgan fingerprint density at radius 1 is 1.30 bits per heavy atom. The van der Waals surface area contributed by atoms with E-state index in [-0.39, 0.29) is 5.29 Å². The lowest BCUT2D eigenvalue weighted by Crippen LogP contribution is -2.58. The van der Waals surface area contributed by atoms with Crippen LogP contribution in [-0.2, 0) is 0 Å². The van der Waals surface area contributed by atoms with Crippen LogP contribution in [0.3, 0.4) is 0 Å². The molecule has 0 fully saturated rings. The maximum Gasteiger partial charge on any atom is 0.0856 e. The van der Waals surface area contributed by atoms with E-state index in [1.54, 1.807) is 0 Å². The van der Waals surface area contributed by atoms with Crippen molar-refractivity contribution in [2.75, 3.05) is 21.1 Å². The monoisotopic (exact) mass is 159 g/mol. The third-order valence-corrected chi connectivity index (χ3v) is 3.51. The molecule has 10 heavy (non-hydrogen) atoms. The lowest BCUT2D eigenvalue weighted by molar-refractivity contribution is 0.475. The zero-order valence-electron chi connectivity index (χ0n) is 7.21. The zero-order valence-corrected chi connectivity index (χ0v) is 9.21. The van der Waals surface area contributed by atoms with Crippen LogP contribution in [0, 0.1) is 0 Å². The van der Waals surface area contributed by atoms with Crippen molar-refractivity contribution in [1.82, 2.24) is 16.0 Å². The van der Waals surface area contributed by atoms with Gasteiger partial charge in [0.05, 0.1) is 15.5 Å². The van der Waals surface area contributed by atoms with Crippen molar-refractivity contribution in [3.63, 3.8) is 0 Å². The van der Waals surface area contributed by atoms with Crippen molar-refractivity contribution < 1.29 is 0 Å². The first-order valence-corrected chi connectivity index (χ1v) is 4.35. The van der Waals surface area contributed by atoms with Crippen molar-refractivity contribution in [3.8, 4) is 0 Å². The van der Waals surface area contributed by atoms with Crippen LogP contribution in [0.4, 0.5) is 0 Å². The Hall–Kier alpha value is -0.323. The first-order chi connectivity index (χ1) is 4.60. The molecule has 0 saturated heterocycles. The molecule has 0 bridgehead atoms. The molecule has 0 aliphatic heterocycles. The second-order valence-corrected chi connectivity index (χ2v) is 3.85. The van der Waals surface area contributed by atoms with Crippen LogP contribution in [0.15, 0.2) is 12.3 Å². The Morgan fingerprint density at radius 2 is 1.70 bits per heavy atom. The number of hydrogen-bond acceptors (Lipinski definition) is 3. The van der Waals surface area contributed by atoms with Gasteiger partial charge in [0.25, 0.3) is 0 Å². The molecule has 0 radical (unpaired) electrons. The van der Waals surface area contributed by atoms with Gasteiger partial charge in [0.15, 0.2) is 0 Å². The molecule has 0 aliphatic carbocycles. The van der Waals surface area contributed by atoms with Crippen molar-refractivity contribution in [2.45, 2.75) is 5.29 Å². The Labute approximate surface area is 65.7 Å². The predicted molar refractivity (Wildman–Crippen MR) is 49.0 cm³/mol. The summed E-state index contributed by atoms with van der Waals surface area (Å²) < 4.78 is 0. The van der Waals surface area contributed by atoms with Crippen molar-refractivity contribution in [2.24, 2.45) is 0 Å². The summed E-state index contributed by atoms with van der Waals surface area (Å²) in [6, 6.07) is 0. The number of nitrogens with one attached hydrogen (secondary N) is 3. The summed E-state index contributed by atoms with van der Waals surface area (Å²) in [5.74, 6) is 0. The maximum atomic E-state index is 3.89. The maximum absolute atomic E-state index is 3.89. The van der Waals surface area contributed by atoms with Gasteiger partial charge in [-0.3, -0.25) is 0 Å². The molecule has 0 saturated carbocycles. The van der Waals surface area contributed by atoms with Crippen LogP contribution in [0.2, 0.25) is 0 Å². The Kier molecular flexibility index (Phi) is 3.63. The van der Waals surface area contributed by atoms with Gasteiger partial charge in [-0.1, -0.05) is 6.58 Å². The van der Waals surface area contributed by atoms with Gasteiger partial charge in [0.1, 0.15) is 0 Å². The Bertz CT molecular complexity index is 120. The summed E-state index contributed by atoms with van der Waals surface area (Å²) >= 11 is 0. The average Bonchev–Trinajstić information content (AvgIpc) is 2.01. The molecule has 0 aromatic carbocycles.